The predicted molar refractivity (Wildman–Crippen MR) is 74.4 cm³/mol. The predicted octanol–water partition coefficient (Wildman–Crippen LogP) is 3.67. The first-order chi connectivity index (χ1) is 10.1. The van der Waals surface area contributed by atoms with Crippen LogP contribution in [0.25, 0.3) is 10.9 Å². The summed E-state index contributed by atoms with van der Waals surface area (Å²) in [5.74, 6) is -2.39. The molecule has 0 saturated carbocycles. The average molecular weight is 287 g/mol. The Morgan fingerprint density at radius 1 is 1.10 bits per heavy atom. The molecule has 106 valence electrons. The largest absolute Gasteiger partial charge is 0.478 e. The number of halogens is 2. The lowest BCUT2D eigenvalue weighted by molar-refractivity contribution is 0.0691. The van der Waals surface area contributed by atoms with Crippen molar-refractivity contribution >= 4 is 16.9 Å². The number of hydrogen-bond donors (Lipinski definition) is 1. The molecule has 21 heavy (non-hydrogen) atoms. The molecule has 0 amide bonds. The van der Waals surface area contributed by atoms with Crippen LogP contribution in [0.2, 0.25) is 0 Å². The van der Waals surface area contributed by atoms with E-state index in [9.17, 15) is 13.6 Å². The van der Waals surface area contributed by atoms with Crippen LogP contribution in [-0.4, -0.2) is 15.6 Å². The molecule has 0 radical (unpaired) electrons. The summed E-state index contributed by atoms with van der Waals surface area (Å²) in [6, 6.07) is 10.4. The Kier molecular flexibility index (Phi) is 3.17. The summed E-state index contributed by atoms with van der Waals surface area (Å²) in [5.41, 5.74) is 0.974. The van der Waals surface area contributed by atoms with Crippen molar-refractivity contribution in [2.75, 3.05) is 0 Å². The molecule has 0 saturated heterocycles. The van der Waals surface area contributed by atoms with Crippen molar-refractivity contribution in [3.05, 3.63) is 71.4 Å². The lowest BCUT2D eigenvalue weighted by Gasteiger charge is -2.07. The summed E-state index contributed by atoms with van der Waals surface area (Å²) < 4.78 is 28.8. The fourth-order valence-electron chi connectivity index (χ4n) is 2.36. The molecule has 0 aliphatic rings. The quantitative estimate of drug-likeness (QED) is 0.798. The van der Waals surface area contributed by atoms with Gasteiger partial charge in [-0.15, -0.1) is 0 Å². The fourth-order valence-corrected chi connectivity index (χ4v) is 2.36. The van der Waals surface area contributed by atoms with E-state index < -0.39 is 11.8 Å². The molecule has 1 aromatic heterocycles. The van der Waals surface area contributed by atoms with Gasteiger partial charge in [0.2, 0.25) is 0 Å². The number of rotatable bonds is 3. The third kappa shape index (κ3) is 2.38. The summed E-state index contributed by atoms with van der Waals surface area (Å²) in [6.45, 7) is 0.341. The van der Waals surface area contributed by atoms with E-state index in [2.05, 4.69) is 0 Å². The van der Waals surface area contributed by atoms with E-state index in [4.69, 9.17) is 5.11 Å². The van der Waals surface area contributed by atoms with E-state index in [1.54, 1.807) is 29.0 Å². The molecule has 3 aromatic rings. The molecule has 0 spiro atoms. The van der Waals surface area contributed by atoms with Crippen molar-refractivity contribution in [2.45, 2.75) is 6.54 Å². The van der Waals surface area contributed by atoms with Crippen molar-refractivity contribution in [1.82, 2.24) is 4.57 Å². The fraction of sp³-hybridized carbons (Fsp3) is 0.0625. The molecule has 1 heterocycles. The van der Waals surface area contributed by atoms with Gasteiger partial charge < -0.3 is 9.67 Å². The van der Waals surface area contributed by atoms with Crippen LogP contribution < -0.4 is 0 Å². The molecule has 0 aliphatic heterocycles. The van der Waals surface area contributed by atoms with E-state index in [1.165, 1.54) is 18.2 Å². The van der Waals surface area contributed by atoms with Crippen molar-refractivity contribution in [3.8, 4) is 0 Å². The van der Waals surface area contributed by atoms with Crippen LogP contribution in [0.15, 0.2) is 48.7 Å². The molecule has 3 nitrogen and oxygen atoms in total. The zero-order valence-electron chi connectivity index (χ0n) is 10.9. The smallest absolute Gasteiger partial charge is 0.338 e. The van der Waals surface area contributed by atoms with Gasteiger partial charge in [-0.1, -0.05) is 12.1 Å². The van der Waals surface area contributed by atoms with E-state index in [-0.39, 0.29) is 11.4 Å². The van der Waals surface area contributed by atoms with Crippen molar-refractivity contribution in [2.24, 2.45) is 0 Å². The number of aromatic carboxylic acids is 1. The summed E-state index contributed by atoms with van der Waals surface area (Å²) >= 11 is 0. The Morgan fingerprint density at radius 2 is 1.90 bits per heavy atom. The van der Waals surface area contributed by atoms with Crippen LogP contribution >= 0.6 is 0 Å². The third-order valence-corrected chi connectivity index (χ3v) is 3.37. The Hall–Kier alpha value is -2.69. The number of carbonyl (C=O) groups is 1. The number of carboxylic acid groups (broad SMARTS) is 1. The molecule has 0 bridgehead atoms. The Balaban J connectivity index is 2.01. The zero-order chi connectivity index (χ0) is 15.0. The Labute approximate surface area is 119 Å². The first kappa shape index (κ1) is 13.3. The summed E-state index contributed by atoms with van der Waals surface area (Å²) in [5, 5.41) is 9.43. The van der Waals surface area contributed by atoms with Gasteiger partial charge in [0, 0.05) is 18.1 Å². The summed E-state index contributed by atoms with van der Waals surface area (Å²) in [6.07, 6.45) is 1.72. The minimum Gasteiger partial charge on any atom is -0.478 e. The highest BCUT2D eigenvalue weighted by molar-refractivity contribution is 5.88. The Bertz CT molecular complexity index is 839. The number of benzene rings is 2. The van der Waals surface area contributed by atoms with Crippen LogP contribution in [-0.2, 0) is 6.54 Å². The van der Waals surface area contributed by atoms with Gasteiger partial charge in [-0.2, -0.15) is 0 Å². The maximum Gasteiger partial charge on any atom is 0.338 e. The zero-order valence-corrected chi connectivity index (χ0v) is 10.9. The van der Waals surface area contributed by atoms with E-state index in [0.717, 1.165) is 6.07 Å². The minimum atomic E-state index is -1.31. The standard InChI is InChI=1S/C16H11F2NO2/c17-13-2-1-3-15-11(13)6-7-19(15)9-10-4-5-14(18)12(8-10)16(20)21/h1-8H,9H2,(H,20,21). The molecule has 0 fully saturated rings. The van der Waals surface area contributed by atoms with Crippen molar-refractivity contribution < 1.29 is 18.7 Å². The average Bonchev–Trinajstić information content (AvgIpc) is 2.85. The highest BCUT2D eigenvalue weighted by Crippen LogP contribution is 2.21. The highest BCUT2D eigenvalue weighted by atomic mass is 19.1. The minimum absolute atomic E-state index is 0.309. The molecule has 1 N–H and O–H groups in total. The molecule has 0 unspecified atom stereocenters. The first-order valence-corrected chi connectivity index (χ1v) is 6.31. The number of nitrogens with zero attached hydrogens (tertiary/aromatic N) is 1. The van der Waals surface area contributed by atoms with Gasteiger partial charge in [0.05, 0.1) is 11.1 Å². The molecule has 0 aliphatic carbocycles. The van der Waals surface area contributed by atoms with Gasteiger partial charge >= 0.3 is 5.97 Å². The molecule has 0 atom stereocenters. The van der Waals surface area contributed by atoms with E-state index in [0.29, 0.717) is 23.0 Å². The monoisotopic (exact) mass is 287 g/mol. The number of fused-ring (bicyclic) bond motifs is 1. The third-order valence-electron chi connectivity index (χ3n) is 3.37. The van der Waals surface area contributed by atoms with Crippen LogP contribution in [0, 0.1) is 11.6 Å². The molecule has 5 heteroatoms. The summed E-state index contributed by atoms with van der Waals surface area (Å²) in [4.78, 5) is 10.9. The molecule has 2 aromatic carbocycles. The second kappa shape index (κ2) is 5.01. The molecular weight excluding hydrogens is 276 g/mol. The number of aromatic nitrogens is 1. The Morgan fingerprint density at radius 3 is 2.67 bits per heavy atom. The second-order valence-corrected chi connectivity index (χ2v) is 4.74. The van der Waals surface area contributed by atoms with E-state index in [1.807, 2.05) is 0 Å². The molecule has 3 rings (SSSR count). The van der Waals surface area contributed by atoms with Gasteiger partial charge in [-0.25, -0.2) is 13.6 Å². The van der Waals surface area contributed by atoms with Crippen LogP contribution in [0.4, 0.5) is 8.78 Å². The highest BCUT2D eigenvalue weighted by Gasteiger charge is 2.12. The second-order valence-electron chi connectivity index (χ2n) is 4.74. The maximum atomic E-state index is 13.6. The lowest BCUT2D eigenvalue weighted by Crippen LogP contribution is -2.04. The molecular formula is C16H11F2NO2. The summed E-state index contributed by atoms with van der Waals surface area (Å²) in [7, 11) is 0. The van der Waals surface area contributed by atoms with Crippen LogP contribution in [0.5, 0.6) is 0 Å². The topological polar surface area (TPSA) is 42.2 Å². The normalized spacial score (nSPS) is 11.0. The van der Waals surface area contributed by atoms with Crippen molar-refractivity contribution in [1.29, 1.82) is 0 Å². The first-order valence-electron chi connectivity index (χ1n) is 6.31. The van der Waals surface area contributed by atoms with E-state index >= 15 is 0 Å². The SMILES string of the molecule is O=C(O)c1cc(Cn2ccc3c(F)cccc32)ccc1F. The van der Waals surface area contributed by atoms with Gasteiger partial charge in [-0.3, -0.25) is 0 Å². The van der Waals surface area contributed by atoms with Gasteiger partial charge in [0.15, 0.2) is 0 Å². The maximum absolute atomic E-state index is 13.6. The van der Waals surface area contributed by atoms with Crippen LogP contribution in [0.1, 0.15) is 15.9 Å². The lowest BCUT2D eigenvalue weighted by atomic mass is 10.1. The van der Waals surface area contributed by atoms with Gasteiger partial charge in [0.25, 0.3) is 0 Å². The number of carboxylic acids is 1. The van der Waals surface area contributed by atoms with Gasteiger partial charge in [-0.05, 0) is 35.9 Å². The van der Waals surface area contributed by atoms with Crippen molar-refractivity contribution in [3.63, 3.8) is 0 Å². The van der Waals surface area contributed by atoms with Gasteiger partial charge in [0.1, 0.15) is 11.6 Å². The number of hydrogen-bond acceptors (Lipinski definition) is 1. The van der Waals surface area contributed by atoms with Crippen LogP contribution in [0.3, 0.4) is 0 Å².